The van der Waals surface area contributed by atoms with Crippen LogP contribution in [0.1, 0.15) is 6.92 Å². The number of nitrogens with one attached hydrogen (secondary N) is 2. The van der Waals surface area contributed by atoms with Crippen molar-refractivity contribution in [1.82, 2.24) is 5.32 Å². The Bertz CT molecular complexity index is 118. The van der Waals surface area contributed by atoms with Crippen molar-refractivity contribution in [3.05, 3.63) is 11.7 Å². The zero-order valence-corrected chi connectivity index (χ0v) is 5.58. The van der Waals surface area contributed by atoms with Gasteiger partial charge in [-0.3, -0.25) is 0 Å². The van der Waals surface area contributed by atoms with Crippen LogP contribution in [-0.2, 0) is 0 Å². The van der Waals surface area contributed by atoms with Crippen LogP contribution in [0.2, 0.25) is 0 Å². The Morgan fingerprint density at radius 3 is 2.38 bits per heavy atom. The fraction of sp³-hybridized carbons (Fsp3) is 0.400. The summed E-state index contributed by atoms with van der Waals surface area (Å²) in [4.78, 5) is 0. The molecule has 0 aromatic carbocycles. The van der Waals surface area contributed by atoms with Crippen molar-refractivity contribution in [2.75, 3.05) is 7.05 Å². The molecule has 0 aromatic heterocycles. The van der Waals surface area contributed by atoms with Crippen LogP contribution in [0.4, 0.5) is 0 Å². The molecule has 3 heteroatoms. The third kappa shape index (κ3) is 3.46. The van der Waals surface area contributed by atoms with Gasteiger partial charge in [-0.05, 0) is 18.6 Å². The molecule has 0 fully saturated rings. The maximum absolute atomic E-state index is 7.01. The fourth-order valence-electron chi connectivity index (χ4n) is 0.397. The molecule has 0 unspecified atom stereocenters. The zero-order valence-electron chi connectivity index (χ0n) is 5.58. The summed E-state index contributed by atoms with van der Waals surface area (Å²) in [6, 6.07) is 0. The van der Waals surface area contributed by atoms with Crippen LogP contribution in [0.5, 0.6) is 0 Å². The molecular weight excluding hydrogens is 98.9 g/mol. The van der Waals surface area contributed by atoms with Crippen molar-refractivity contribution < 1.29 is 0 Å². The topological polar surface area (TPSA) is 35.9 Å². The molecule has 0 amide bonds. The van der Waals surface area contributed by atoms with E-state index in [0.29, 0.717) is 5.71 Å². The molecule has 0 saturated carbocycles. The molecule has 2 N–H and O–H groups in total. The summed E-state index contributed by atoms with van der Waals surface area (Å²) in [6.07, 6.45) is 1.78. The maximum Gasteiger partial charge on any atom is 0.160 e. The Morgan fingerprint density at radius 1 is 1.75 bits per heavy atom. The first-order valence-electron chi connectivity index (χ1n) is 2.58. The Hall–Kier alpha value is -0.725. The van der Waals surface area contributed by atoms with E-state index in [2.05, 4.69) is 5.32 Å². The largest absolute Gasteiger partial charge is 0.400 e. The number of rotatable bonds is 2. The summed E-state index contributed by atoms with van der Waals surface area (Å²) in [5, 5.41) is 9.93. The fourth-order valence-corrected chi connectivity index (χ4v) is 0.397. The van der Waals surface area contributed by atoms with Gasteiger partial charge < -0.3 is 10.7 Å². The van der Waals surface area contributed by atoms with Gasteiger partial charge in [-0.25, -0.2) is 0 Å². The highest BCUT2D eigenvalue weighted by atomic mass is 14.8. The highest BCUT2D eigenvalue weighted by Crippen LogP contribution is 1.78. The van der Waals surface area contributed by atoms with E-state index >= 15 is 0 Å². The molecular formula is C5H11BN2. The molecule has 8 heavy (non-hydrogen) atoms. The van der Waals surface area contributed by atoms with Crippen LogP contribution in [-0.4, -0.2) is 20.6 Å². The van der Waals surface area contributed by atoms with E-state index in [9.17, 15) is 0 Å². The van der Waals surface area contributed by atoms with Gasteiger partial charge in [-0.1, -0.05) is 0 Å². The van der Waals surface area contributed by atoms with E-state index in [1.54, 1.807) is 13.0 Å². The molecule has 0 aromatic rings. The minimum absolute atomic E-state index is 0.580. The van der Waals surface area contributed by atoms with Crippen LogP contribution in [0, 0.1) is 5.41 Å². The molecule has 0 bridgehead atoms. The first kappa shape index (κ1) is 7.27. The van der Waals surface area contributed by atoms with Gasteiger partial charge in [0.1, 0.15) is 0 Å². The first-order chi connectivity index (χ1) is 3.66. The van der Waals surface area contributed by atoms with E-state index in [-0.39, 0.29) is 0 Å². The molecule has 0 atom stereocenters. The molecule has 2 nitrogen and oxygen atoms in total. The maximum atomic E-state index is 7.01. The quantitative estimate of drug-likeness (QED) is 0.372. The van der Waals surface area contributed by atoms with Crippen molar-refractivity contribution in [2.45, 2.75) is 6.92 Å². The van der Waals surface area contributed by atoms with Crippen molar-refractivity contribution >= 4 is 13.6 Å². The highest BCUT2D eigenvalue weighted by Gasteiger charge is 1.80. The summed E-state index contributed by atoms with van der Waals surface area (Å²) in [6.45, 7) is 1.75. The van der Waals surface area contributed by atoms with Gasteiger partial charge in [0.15, 0.2) is 7.85 Å². The normalized spacial score (nSPS) is 11.0. The number of hydrogen-bond acceptors (Lipinski definition) is 2. The molecule has 44 valence electrons. The Kier molecular flexibility index (Phi) is 3.00. The predicted molar refractivity (Wildman–Crippen MR) is 39.1 cm³/mol. The molecule has 0 rings (SSSR count). The van der Waals surface area contributed by atoms with Crippen molar-refractivity contribution in [1.29, 1.82) is 5.41 Å². The van der Waals surface area contributed by atoms with Crippen LogP contribution >= 0.6 is 0 Å². The van der Waals surface area contributed by atoms with E-state index < -0.39 is 0 Å². The second-order valence-electron chi connectivity index (χ2n) is 1.76. The lowest BCUT2D eigenvalue weighted by Gasteiger charge is -1.95. The summed E-state index contributed by atoms with van der Waals surface area (Å²) >= 11 is 0. The molecule has 0 spiro atoms. The van der Waals surface area contributed by atoms with Gasteiger partial charge in [0, 0.05) is 12.8 Å². The molecule has 0 aliphatic carbocycles. The van der Waals surface area contributed by atoms with E-state index in [0.717, 1.165) is 5.60 Å². The van der Waals surface area contributed by atoms with Gasteiger partial charge >= 0.3 is 0 Å². The highest BCUT2D eigenvalue weighted by molar-refractivity contribution is 6.23. The standard InChI is InChI=1S/C5H11BN2/c1-4(7)3-5(6)8-2/h3,7-8H,6H2,1-2H3/b5-3-,7-4?. The predicted octanol–water partition coefficient (Wildman–Crippen LogP) is -0.280. The third-order valence-corrected chi connectivity index (χ3v) is 0.827. The van der Waals surface area contributed by atoms with E-state index in [4.69, 9.17) is 5.41 Å². The van der Waals surface area contributed by atoms with Crippen molar-refractivity contribution in [3.8, 4) is 0 Å². The smallest absolute Gasteiger partial charge is 0.160 e. The second kappa shape index (κ2) is 3.30. The first-order valence-corrected chi connectivity index (χ1v) is 2.58. The molecule has 0 saturated heterocycles. The van der Waals surface area contributed by atoms with Crippen molar-refractivity contribution in [2.24, 2.45) is 0 Å². The van der Waals surface area contributed by atoms with Gasteiger partial charge in [0.2, 0.25) is 0 Å². The number of allylic oxidation sites excluding steroid dienone is 1. The minimum Gasteiger partial charge on any atom is -0.400 e. The van der Waals surface area contributed by atoms with E-state index in [1.165, 1.54) is 0 Å². The minimum atomic E-state index is 0.580. The monoisotopic (exact) mass is 110 g/mol. The Morgan fingerprint density at radius 2 is 2.25 bits per heavy atom. The number of hydrogen-bond donors (Lipinski definition) is 2. The average molecular weight is 110 g/mol. The average Bonchev–Trinajstić information content (AvgIpc) is 1.65. The molecule has 0 heterocycles. The second-order valence-corrected chi connectivity index (χ2v) is 1.76. The summed E-state index contributed by atoms with van der Waals surface area (Å²) in [5.41, 5.74) is 1.61. The lowest BCUT2D eigenvalue weighted by atomic mass is 10.0. The van der Waals surface area contributed by atoms with Crippen LogP contribution < -0.4 is 5.32 Å². The molecule has 0 aliphatic rings. The Labute approximate surface area is 50.9 Å². The summed E-state index contributed by atoms with van der Waals surface area (Å²) in [7, 11) is 3.77. The lowest BCUT2D eigenvalue weighted by Crippen LogP contribution is -2.06. The van der Waals surface area contributed by atoms with Gasteiger partial charge in [0.25, 0.3) is 0 Å². The van der Waals surface area contributed by atoms with Gasteiger partial charge in [-0.15, -0.1) is 0 Å². The van der Waals surface area contributed by atoms with Crippen LogP contribution in [0.3, 0.4) is 0 Å². The summed E-state index contributed by atoms with van der Waals surface area (Å²) in [5.74, 6) is 0. The Balaban J connectivity index is 3.75. The summed E-state index contributed by atoms with van der Waals surface area (Å²) < 4.78 is 0. The third-order valence-electron chi connectivity index (χ3n) is 0.827. The zero-order chi connectivity index (χ0) is 6.57. The lowest BCUT2D eigenvalue weighted by molar-refractivity contribution is 1.07. The molecule has 0 aliphatic heterocycles. The SMILES string of the molecule is B/C(=C/C(C)=N)NC. The molecule has 0 radical (unpaired) electrons. The van der Waals surface area contributed by atoms with Crippen molar-refractivity contribution in [3.63, 3.8) is 0 Å². The van der Waals surface area contributed by atoms with Gasteiger partial charge in [0.05, 0.1) is 0 Å². The van der Waals surface area contributed by atoms with Crippen LogP contribution in [0.25, 0.3) is 0 Å². The van der Waals surface area contributed by atoms with E-state index in [1.807, 2.05) is 14.9 Å². The van der Waals surface area contributed by atoms with Crippen LogP contribution in [0.15, 0.2) is 11.7 Å². The van der Waals surface area contributed by atoms with Gasteiger partial charge in [-0.2, -0.15) is 0 Å².